The van der Waals surface area contributed by atoms with Gasteiger partial charge in [-0.05, 0) is 46.1 Å². The molecule has 0 saturated heterocycles. The lowest BCUT2D eigenvalue weighted by Gasteiger charge is -2.22. The molecule has 0 bridgehead atoms. The second-order valence-corrected chi connectivity index (χ2v) is 5.30. The van der Waals surface area contributed by atoms with Crippen molar-refractivity contribution in [2.45, 2.75) is 19.9 Å². The molecule has 1 aromatic carbocycles. The Morgan fingerprint density at radius 3 is 2.55 bits per heavy atom. The van der Waals surface area contributed by atoms with Crippen LogP contribution in [0, 0.1) is 0 Å². The lowest BCUT2D eigenvalue weighted by Crippen LogP contribution is -2.31. The molecule has 5 heteroatoms. The Hall–Kier alpha value is -1.75. The Kier molecular flexibility index (Phi) is 4.84. The van der Waals surface area contributed by atoms with Gasteiger partial charge < -0.3 is 15.1 Å². The summed E-state index contributed by atoms with van der Waals surface area (Å²) in [5.41, 5.74) is 8.00. The van der Waals surface area contributed by atoms with Crippen molar-refractivity contribution in [2.75, 3.05) is 12.3 Å². The molecule has 2 rings (SSSR count). The highest BCUT2D eigenvalue weighted by Gasteiger charge is 2.19. The lowest BCUT2D eigenvalue weighted by molar-refractivity contribution is 0.0741. The van der Waals surface area contributed by atoms with Gasteiger partial charge in [-0.2, -0.15) is 0 Å². The Morgan fingerprint density at radius 2 is 2.00 bits per heavy atom. The fourth-order valence-corrected chi connectivity index (χ4v) is 2.39. The van der Waals surface area contributed by atoms with Crippen LogP contribution in [0.3, 0.4) is 0 Å². The molecule has 0 spiro atoms. The van der Waals surface area contributed by atoms with Crippen LogP contribution >= 0.6 is 15.9 Å². The van der Waals surface area contributed by atoms with Crippen LogP contribution in [-0.2, 0) is 6.54 Å². The summed E-state index contributed by atoms with van der Waals surface area (Å²) in [4.78, 5) is 14.3. The number of nitrogen functional groups attached to an aromatic ring is 1. The molecule has 0 aliphatic heterocycles. The number of amides is 1. The van der Waals surface area contributed by atoms with Crippen molar-refractivity contribution in [2.24, 2.45) is 0 Å². The SMILES string of the molecule is CCCN(Cc1ccc(N)cc1)C(=O)c1ccoc1Br. The summed E-state index contributed by atoms with van der Waals surface area (Å²) in [6.07, 6.45) is 2.40. The fraction of sp³-hybridized carbons (Fsp3) is 0.267. The minimum Gasteiger partial charge on any atom is -0.457 e. The van der Waals surface area contributed by atoms with E-state index >= 15 is 0 Å². The molecule has 1 heterocycles. The van der Waals surface area contributed by atoms with Gasteiger partial charge >= 0.3 is 0 Å². The Bertz CT molecular complexity index is 578. The molecule has 0 aliphatic carbocycles. The number of hydrogen-bond acceptors (Lipinski definition) is 3. The normalized spacial score (nSPS) is 10.5. The highest BCUT2D eigenvalue weighted by molar-refractivity contribution is 9.10. The molecule has 1 amide bonds. The highest BCUT2D eigenvalue weighted by Crippen LogP contribution is 2.20. The van der Waals surface area contributed by atoms with Gasteiger partial charge in [-0.15, -0.1) is 0 Å². The zero-order valence-electron chi connectivity index (χ0n) is 11.3. The number of rotatable bonds is 5. The van der Waals surface area contributed by atoms with E-state index in [1.807, 2.05) is 31.2 Å². The molecule has 4 nitrogen and oxygen atoms in total. The minimum atomic E-state index is -0.0377. The summed E-state index contributed by atoms with van der Waals surface area (Å²) in [6, 6.07) is 9.25. The van der Waals surface area contributed by atoms with Crippen LogP contribution in [-0.4, -0.2) is 17.4 Å². The molecular formula is C15H17BrN2O2. The fourth-order valence-electron chi connectivity index (χ4n) is 1.98. The van der Waals surface area contributed by atoms with Crippen LogP contribution < -0.4 is 5.73 Å². The van der Waals surface area contributed by atoms with E-state index in [0.29, 0.717) is 23.3 Å². The standard InChI is InChI=1S/C15H17BrN2O2/c1-2-8-18(10-11-3-5-12(17)6-4-11)15(19)13-7-9-20-14(13)16/h3-7,9H,2,8,10,17H2,1H3. The first-order valence-corrected chi connectivity index (χ1v) is 7.27. The summed E-state index contributed by atoms with van der Waals surface area (Å²) >= 11 is 3.25. The average molecular weight is 337 g/mol. The molecule has 2 aromatic rings. The third-order valence-electron chi connectivity index (χ3n) is 2.98. The number of nitrogens with two attached hydrogens (primary N) is 1. The number of hydrogen-bond donors (Lipinski definition) is 1. The lowest BCUT2D eigenvalue weighted by atomic mass is 10.1. The molecule has 20 heavy (non-hydrogen) atoms. The maximum Gasteiger partial charge on any atom is 0.258 e. The van der Waals surface area contributed by atoms with Crippen LogP contribution in [0.4, 0.5) is 5.69 Å². The van der Waals surface area contributed by atoms with Crippen molar-refractivity contribution in [3.63, 3.8) is 0 Å². The molecule has 0 unspecified atom stereocenters. The van der Waals surface area contributed by atoms with Gasteiger partial charge in [0.2, 0.25) is 0 Å². The van der Waals surface area contributed by atoms with Crippen LogP contribution in [0.25, 0.3) is 0 Å². The number of halogens is 1. The average Bonchev–Trinajstić information content (AvgIpc) is 2.86. The Labute approximate surface area is 126 Å². The number of anilines is 1. The van der Waals surface area contributed by atoms with Crippen LogP contribution in [0.2, 0.25) is 0 Å². The van der Waals surface area contributed by atoms with E-state index in [0.717, 1.165) is 17.7 Å². The number of carbonyl (C=O) groups excluding carboxylic acids is 1. The van der Waals surface area contributed by atoms with Crippen LogP contribution in [0.1, 0.15) is 29.3 Å². The van der Waals surface area contributed by atoms with E-state index in [9.17, 15) is 4.79 Å². The molecule has 106 valence electrons. The number of carbonyl (C=O) groups is 1. The third-order valence-corrected chi connectivity index (χ3v) is 3.60. The highest BCUT2D eigenvalue weighted by atomic mass is 79.9. The van der Waals surface area contributed by atoms with Crippen LogP contribution in [0.15, 0.2) is 45.7 Å². The monoisotopic (exact) mass is 336 g/mol. The van der Waals surface area contributed by atoms with Crippen LogP contribution in [0.5, 0.6) is 0 Å². The van der Waals surface area contributed by atoms with E-state index in [-0.39, 0.29) is 5.91 Å². The Balaban J connectivity index is 2.16. The number of benzene rings is 1. The zero-order valence-corrected chi connectivity index (χ0v) is 12.9. The summed E-state index contributed by atoms with van der Waals surface area (Å²) in [5.74, 6) is -0.0377. The zero-order chi connectivity index (χ0) is 14.5. The van der Waals surface area contributed by atoms with Gasteiger partial charge in [-0.3, -0.25) is 4.79 Å². The second kappa shape index (κ2) is 6.61. The first-order chi connectivity index (χ1) is 9.61. The van der Waals surface area contributed by atoms with Crippen molar-refractivity contribution in [3.8, 4) is 0 Å². The molecule has 1 aromatic heterocycles. The van der Waals surface area contributed by atoms with Crippen molar-refractivity contribution in [1.82, 2.24) is 4.90 Å². The smallest absolute Gasteiger partial charge is 0.258 e. The molecule has 0 radical (unpaired) electrons. The minimum absolute atomic E-state index is 0.0377. The van der Waals surface area contributed by atoms with Crippen molar-refractivity contribution in [3.05, 3.63) is 52.4 Å². The largest absolute Gasteiger partial charge is 0.457 e. The molecule has 0 aliphatic rings. The first kappa shape index (κ1) is 14.7. The Morgan fingerprint density at radius 1 is 1.30 bits per heavy atom. The topological polar surface area (TPSA) is 59.5 Å². The van der Waals surface area contributed by atoms with Crippen molar-refractivity contribution < 1.29 is 9.21 Å². The molecule has 0 saturated carbocycles. The maximum absolute atomic E-state index is 12.5. The van der Waals surface area contributed by atoms with Gasteiger partial charge in [0.15, 0.2) is 4.67 Å². The maximum atomic E-state index is 12.5. The van der Waals surface area contributed by atoms with E-state index in [2.05, 4.69) is 15.9 Å². The van der Waals surface area contributed by atoms with E-state index in [1.165, 1.54) is 6.26 Å². The third kappa shape index (κ3) is 3.42. The van der Waals surface area contributed by atoms with E-state index in [4.69, 9.17) is 10.2 Å². The number of furan rings is 1. The second-order valence-electron chi connectivity index (χ2n) is 4.58. The summed E-state index contributed by atoms with van der Waals surface area (Å²) in [5, 5.41) is 0. The predicted molar refractivity (Wildman–Crippen MR) is 82.3 cm³/mol. The summed E-state index contributed by atoms with van der Waals surface area (Å²) < 4.78 is 5.61. The summed E-state index contributed by atoms with van der Waals surface area (Å²) in [6.45, 7) is 3.30. The van der Waals surface area contributed by atoms with Crippen molar-refractivity contribution in [1.29, 1.82) is 0 Å². The van der Waals surface area contributed by atoms with Gasteiger partial charge in [0.25, 0.3) is 5.91 Å². The van der Waals surface area contributed by atoms with Crippen molar-refractivity contribution >= 4 is 27.5 Å². The van der Waals surface area contributed by atoms with Gasteiger partial charge in [-0.1, -0.05) is 19.1 Å². The van der Waals surface area contributed by atoms with Gasteiger partial charge in [-0.25, -0.2) is 0 Å². The number of nitrogens with zero attached hydrogens (tertiary/aromatic N) is 1. The van der Waals surface area contributed by atoms with Gasteiger partial charge in [0.1, 0.15) is 0 Å². The molecule has 0 atom stereocenters. The van der Waals surface area contributed by atoms with Gasteiger partial charge in [0, 0.05) is 18.8 Å². The summed E-state index contributed by atoms with van der Waals surface area (Å²) in [7, 11) is 0. The first-order valence-electron chi connectivity index (χ1n) is 6.48. The predicted octanol–water partition coefficient (Wildman–Crippen LogP) is 3.68. The van der Waals surface area contributed by atoms with Gasteiger partial charge in [0.05, 0.1) is 11.8 Å². The molecule has 2 N–H and O–H groups in total. The van der Waals surface area contributed by atoms with E-state index < -0.39 is 0 Å². The van der Waals surface area contributed by atoms with E-state index in [1.54, 1.807) is 11.0 Å². The molecular weight excluding hydrogens is 320 g/mol. The quantitative estimate of drug-likeness (QED) is 0.847. The molecule has 0 fully saturated rings.